The van der Waals surface area contributed by atoms with E-state index in [4.69, 9.17) is 9.52 Å². The average molecular weight is 444 g/mol. The summed E-state index contributed by atoms with van der Waals surface area (Å²) < 4.78 is 7.11. The molecule has 0 aliphatic heterocycles. The number of carbonyl (C=O) groups excluding carboxylic acids is 1. The first-order chi connectivity index (χ1) is 15.1. The second-order valence-corrected chi connectivity index (χ2v) is 7.63. The van der Waals surface area contributed by atoms with E-state index in [2.05, 4.69) is 17.2 Å². The van der Waals surface area contributed by atoms with Crippen molar-refractivity contribution >= 4 is 18.0 Å². The minimum absolute atomic E-state index is 0.228. The molecule has 2 heterocycles. The van der Waals surface area contributed by atoms with E-state index in [1.165, 1.54) is 12.3 Å². The quantitative estimate of drug-likeness (QED) is 0.373. The van der Waals surface area contributed by atoms with Crippen LogP contribution in [0.25, 0.3) is 6.08 Å². The summed E-state index contributed by atoms with van der Waals surface area (Å²) in [7, 11) is 1.82. The lowest BCUT2D eigenvalue weighted by molar-refractivity contribution is 0.102. The molecule has 32 heavy (non-hydrogen) atoms. The van der Waals surface area contributed by atoms with Gasteiger partial charge in [0.25, 0.3) is 0 Å². The zero-order valence-corrected chi connectivity index (χ0v) is 18.7. The van der Waals surface area contributed by atoms with Crippen LogP contribution in [0.1, 0.15) is 73.6 Å². The van der Waals surface area contributed by atoms with E-state index in [1.807, 2.05) is 13.2 Å². The molecule has 172 valence electrons. The molecular formula is C23H29N3O6. The Morgan fingerprint density at radius 3 is 2.72 bits per heavy atom. The third-order valence-corrected chi connectivity index (χ3v) is 4.93. The number of hydrogen-bond acceptors (Lipinski definition) is 6. The Kier molecular flexibility index (Phi) is 8.57. The molecule has 0 radical (unpaired) electrons. The molecule has 0 fully saturated rings. The zero-order chi connectivity index (χ0) is 23.8. The fourth-order valence-corrected chi connectivity index (χ4v) is 3.16. The van der Waals surface area contributed by atoms with E-state index in [9.17, 15) is 19.5 Å². The fraction of sp³-hybridized carbons (Fsp3) is 0.391. The maximum absolute atomic E-state index is 12.8. The van der Waals surface area contributed by atoms with E-state index in [-0.39, 0.29) is 17.3 Å². The molecular weight excluding hydrogens is 414 g/mol. The molecule has 1 unspecified atom stereocenters. The van der Waals surface area contributed by atoms with Crippen LogP contribution in [0.5, 0.6) is 5.75 Å². The summed E-state index contributed by atoms with van der Waals surface area (Å²) in [6.45, 7) is 5.42. The van der Waals surface area contributed by atoms with Gasteiger partial charge in [0.2, 0.25) is 0 Å². The average Bonchev–Trinajstić information content (AvgIpc) is 3.05. The van der Waals surface area contributed by atoms with Gasteiger partial charge in [-0.2, -0.15) is 0 Å². The van der Waals surface area contributed by atoms with Crippen LogP contribution in [0.15, 0.2) is 39.3 Å². The molecule has 1 atom stereocenters. The summed E-state index contributed by atoms with van der Waals surface area (Å²) in [5, 5.41) is 21.0. The van der Waals surface area contributed by atoms with Gasteiger partial charge in [0, 0.05) is 37.0 Å². The second-order valence-electron chi connectivity index (χ2n) is 7.63. The van der Waals surface area contributed by atoms with Crippen molar-refractivity contribution in [3.05, 3.63) is 63.4 Å². The molecule has 0 aromatic carbocycles. The summed E-state index contributed by atoms with van der Waals surface area (Å²) in [6.07, 6.45) is 8.11. The first-order valence-electron chi connectivity index (χ1n) is 10.4. The molecule has 0 bridgehead atoms. The predicted octanol–water partition coefficient (Wildman–Crippen LogP) is 3.98. The highest BCUT2D eigenvalue weighted by molar-refractivity contribution is 6.11. The van der Waals surface area contributed by atoms with Gasteiger partial charge in [-0.1, -0.05) is 26.3 Å². The number of allylic oxidation sites excluding steroid dienone is 2. The molecule has 2 aromatic heterocycles. The molecule has 9 heteroatoms. The molecule has 0 aliphatic carbocycles. The topological polar surface area (TPSA) is 135 Å². The molecule has 2 aromatic rings. The van der Waals surface area contributed by atoms with E-state index in [0.29, 0.717) is 18.7 Å². The van der Waals surface area contributed by atoms with Crippen molar-refractivity contribution in [3.63, 3.8) is 0 Å². The Labute approximate surface area is 186 Å². The normalized spacial score (nSPS) is 12.8. The number of aromatic nitrogens is 2. The lowest BCUT2D eigenvalue weighted by Crippen LogP contribution is -2.17. The Hall–Kier alpha value is -3.62. The van der Waals surface area contributed by atoms with Crippen LogP contribution < -0.4 is 10.9 Å². The standard InChI is InChI=1S/C23H29N3O6/c1-5-8-16-13-26(4)19(25-16)11-15(3)21(28)20-17(27)12-18(32-22(20)29)14(2)9-6-7-10-24-23(30)31/h7,10-14,24,27H,5-6,8-9H2,1-4H3,(H,30,31). The Morgan fingerprint density at radius 2 is 2.09 bits per heavy atom. The van der Waals surface area contributed by atoms with Gasteiger partial charge in [0.15, 0.2) is 5.78 Å². The summed E-state index contributed by atoms with van der Waals surface area (Å²) in [4.78, 5) is 40.2. The van der Waals surface area contributed by atoms with Crippen molar-refractivity contribution in [2.24, 2.45) is 7.05 Å². The largest absolute Gasteiger partial charge is 0.507 e. The van der Waals surface area contributed by atoms with Gasteiger partial charge in [-0.15, -0.1) is 0 Å². The predicted molar refractivity (Wildman–Crippen MR) is 120 cm³/mol. The van der Waals surface area contributed by atoms with E-state index >= 15 is 0 Å². The molecule has 1 amide bonds. The van der Waals surface area contributed by atoms with Gasteiger partial charge in [-0.3, -0.25) is 10.1 Å². The second kappa shape index (κ2) is 11.1. The van der Waals surface area contributed by atoms with Crippen molar-refractivity contribution in [1.82, 2.24) is 14.9 Å². The van der Waals surface area contributed by atoms with Gasteiger partial charge in [-0.25, -0.2) is 14.6 Å². The van der Waals surface area contributed by atoms with Gasteiger partial charge in [0.1, 0.15) is 22.9 Å². The highest BCUT2D eigenvalue weighted by Crippen LogP contribution is 2.26. The highest BCUT2D eigenvalue weighted by atomic mass is 16.4. The lowest BCUT2D eigenvalue weighted by Gasteiger charge is -2.11. The fourth-order valence-electron chi connectivity index (χ4n) is 3.16. The van der Waals surface area contributed by atoms with Crippen LogP contribution in [0.3, 0.4) is 0 Å². The summed E-state index contributed by atoms with van der Waals surface area (Å²) in [5.41, 5.74) is -0.153. The number of aryl methyl sites for hydroxylation is 2. The van der Waals surface area contributed by atoms with Gasteiger partial charge in [0.05, 0.1) is 5.69 Å². The minimum atomic E-state index is -1.15. The number of nitrogens with zero attached hydrogens (tertiary/aromatic N) is 2. The minimum Gasteiger partial charge on any atom is -0.507 e. The molecule has 0 spiro atoms. The van der Waals surface area contributed by atoms with Crippen molar-refractivity contribution in [2.75, 3.05) is 0 Å². The first-order valence-corrected chi connectivity index (χ1v) is 10.4. The number of hydrogen-bond donors (Lipinski definition) is 3. The Morgan fingerprint density at radius 1 is 1.38 bits per heavy atom. The molecule has 0 saturated carbocycles. The van der Waals surface area contributed by atoms with Crippen LogP contribution in [-0.4, -0.2) is 31.6 Å². The maximum Gasteiger partial charge on any atom is 0.408 e. The number of imidazole rings is 1. The van der Waals surface area contributed by atoms with Crippen LogP contribution >= 0.6 is 0 Å². The number of amides is 1. The summed E-state index contributed by atoms with van der Waals surface area (Å²) in [5.74, 6) is -0.459. The molecule has 0 aliphatic rings. The molecule has 9 nitrogen and oxygen atoms in total. The molecule has 3 N–H and O–H groups in total. The zero-order valence-electron chi connectivity index (χ0n) is 18.7. The number of rotatable bonds is 10. The Bertz CT molecular complexity index is 1090. The third-order valence-electron chi connectivity index (χ3n) is 4.93. The van der Waals surface area contributed by atoms with Crippen molar-refractivity contribution < 1.29 is 24.2 Å². The number of ketones is 1. The van der Waals surface area contributed by atoms with Crippen LogP contribution in [0.4, 0.5) is 4.79 Å². The highest BCUT2D eigenvalue weighted by Gasteiger charge is 2.22. The summed E-state index contributed by atoms with van der Waals surface area (Å²) >= 11 is 0. The SMILES string of the molecule is CCCc1cn(C)c(C=C(C)C(=O)c2c(O)cc(C(C)CCC=CNC(=O)O)oc2=O)n1. The number of Topliss-reactive ketones (excluding diaryl/α,β-unsaturated/α-hetero) is 1. The van der Waals surface area contributed by atoms with Crippen LogP contribution in [-0.2, 0) is 13.5 Å². The third kappa shape index (κ3) is 6.44. The van der Waals surface area contributed by atoms with Crippen LogP contribution in [0, 0.1) is 0 Å². The molecule has 2 rings (SSSR count). The number of carbonyl (C=O) groups is 2. The van der Waals surface area contributed by atoms with Crippen molar-refractivity contribution in [1.29, 1.82) is 0 Å². The summed E-state index contributed by atoms with van der Waals surface area (Å²) in [6, 6.07) is 1.28. The molecule has 0 saturated heterocycles. The van der Waals surface area contributed by atoms with Gasteiger partial charge >= 0.3 is 11.7 Å². The van der Waals surface area contributed by atoms with Crippen LogP contribution in [0.2, 0.25) is 0 Å². The monoisotopic (exact) mass is 443 g/mol. The maximum atomic E-state index is 12.8. The van der Waals surface area contributed by atoms with Gasteiger partial charge < -0.3 is 19.2 Å². The number of aromatic hydroxyl groups is 1. The number of nitrogens with one attached hydrogen (secondary N) is 1. The van der Waals surface area contributed by atoms with Crippen molar-refractivity contribution in [3.8, 4) is 5.75 Å². The smallest absolute Gasteiger partial charge is 0.408 e. The first kappa shape index (κ1) is 24.6. The van der Waals surface area contributed by atoms with Gasteiger partial charge in [-0.05, 0) is 32.3 Å². The van der Waals surface area contributed by atoms with E-state index in [1.54, 1.807) is 30.6 Å². The van der Waals surface area contributed by atoms with E-state index in [0.717, 1.165) is 18.5 Å². The lowest BCUT2D eigenvalue weighted by atomic mass is 10.00. The Balaban J connectivity index is 2.18. The van der Waals surface area contributed by atoms with E-state index < -0.39 is 28.8 Å². The van der Waals surface area contributed by atoms with Crippen molar-refractivity contribution in [2.45, 2.75) is 52.4 Å². The number of carboxylic acid groups (broad SMARTS) is 1.